The zero-order valence-electron chi connectivity index (χ0n) is 11.1. The molecule has 0 aliphatic carbocycles. The molecule has 0 aromatic carbocycles. The van der Waals surface area contributed by atoms with E-state index < -0.39 is 5.97 Å². The first-order chi connectivity index (χ1) is 8.43. The molecule has 5 heteroatoms. The Labute approximate surface area is 107 Å². The molecule has 1 rings (SSSR count). The molecule has 1 amide bonds. The smallest absolute Gasteiger partial charge is 0.303 e. The maximum atomic E-state index is 12.2. The number of hydrogen-bond donors (Lipinski definition) is 1. The Morgan fingerprint density at radius 3 is 2.67 bits per heavy atom. The van der Waals surface area contributed by atoms with Gasteiger partial charge >= 0.3 is 5.97 Å². The van der Waals surface area contributed by atoms with Crippen LogP contribution in [0.15, 0.2) is 18.3 Å². The van der Waals surface area contributed by atoms with Crippen molar-refractivity contribution in [1.29, 1.82) is 0 Å². The molecule has 0 spiro atoms. The number of carbonyl (C=O) groups excluding carboxylic acids is 1. The number of aliphatic carboxylic acids is 1. The van der Waals surface area contributed by atoms with Gasteiger partial charge in [0.2, 0.25) is 0 Å². The summed E-state index contributed by atoms with van der Waals surface area (Å²) in [6.45, 7) is 4.48. The van der Waals surface area contributed by atoms with Gasteiger partial charge in [0, 0.05) is 32.3 Å². The topological polar surface area (TPSA) is 62.5 Å². The number of carbonyl (C=O) groups is 2. The first-order valence-electron chi connectivity index (χ1n) is 6.07. The lowest BCUT2D eigenvalue weighted by atomic mass is 10.2. The van der Waals surface area contributed by atoms with Crippen molar-refractivity contribution in [3.8, 4) is 0 Å². The fourth-order valence-electron chi connectivity index (χ4n) is 1.79. The minimum atomic E-state index is -0.832. The summed E-state index contributed by atoms with van der Waals surface area (Å²) in [7, 11) is 1.70. The van der Waals surface area contributed by atoms with Crippen LogP contribution in [0.25, 0.3) is 0 Å². The summed E-state index contributed by atoms with van der Waals surface area (Å²) in [6, 6.07) is 3.86. The summed E-state index contributed by atoms with van der Waals surface area (Å²) < 4.78 is 1.91. The monoisotopic (exact) mass is 252 g/mol. The number of aromatic nitrogens is 1. The number of carboxylic acids is 1. The van der Waals surface area contributed by atoms with Gasteiger partial charge in [0.15, 0.2) is 0 Å². The molecule has 0 bridgehead atoms. The first-order valence-corrected chi connectivity index (χ1v) is 6.07. The van der Waals surface area contributed by atoms with Crippen LogP contribution in [0, 0.1) is 0 Å². The Morgan fingerprint density at radius 2 is 2.11 bits per heavy atom. The van der Waals surface area contributed by atoms with Crippen molar-refractivity contribution < 1.29 is 14.7 Å². The highest BCUT2D eigenvalue weighted by Crippen LogP contribution is 2.12. The molecule has 1 heterocycles. The zero-order valence-corrected chi connectivity index (χ0v) is 11.1. The lowest BCUT2D eigenvalue weighted by molar-refractivity contribution is -0.137. The maximum Gasteiger partial charge on any atom is 0.303 e. The maximum absolute atomic E-state index is 12.2. The molecule has 0 atom stereocenters. The summed E-state index contributed by atoms with van der Waals surface area (Å²) in [5.74, 6) is -0.902. The highest BCUT2D eigenvalue weighted by atomic mass is 16.4. The van der Waals surface area contributed by atoms with E-state index in [4.69, 9.17) is 5.11 Å². The molecule has 100 valence electrons. The highest BCUT2D eigenvalue weighted by Gasteiger charge is 2.16. The van der Waals surface area contributed by atoms with Crippen LogP contribution in [-0.4, -0.2) is 40.0 Å². The van der Waals surface area contributed by atoms with Gasteiger partial charge in [0.05, 0.1) is 0 Å². The molecule has 0 aliphatic rings. The first kappa shape index (κ1) is 14.3. The number of rotatable bonds is 6. The predicted octanol–water partition coefficient (Wildman–Crippen LogP) is 2.01. The van der Waals surface area contributed by atoms with E-state index in [9.17, 15) is 9.59 Å². The zero-order chi connectivity index (χ0) is 13.7. The van der Waals surface area contributed by atoms with Gasteiger partial charge in [-0.15, -0.1) is 0 Å². The molecule has 5 nitrogen and oxygen atoms in total. The van der Waals surface area contributed by atoms with Crippen LogP contribution >= 0.6 is 0 Å². The van der Waals surface area contributed by atoms with Crippen molar-refractivity contribution in [1.82, 2.24) is 9.47 Å². The molecule has 0 aliphatic heterocycles. The third-order valence-electron chi connectivity index (χ3n) is 2.79. The molecule has 0 unspecified atom stereocenters. The van der Waals surface area contributed by atoms with E-state index in [1.807, 2.05) is 30.7 Å². The summed E-state index contributed by atoms with van der Waals surface area (Å²) >= 11 is 0. The number of amides is 1. The van der Waals surface area contributed by atoms with Crippen molar-refractivity contribution in [2.45, 2.75) is 32.7 Å². The van der Waals surface area contributed by atoms with Crippen molar-refractivity contribution >= 4 is 11.9 Å². The lowest BCUT2D eigenvalue weighted by Crippen LogP contribution is -2.30. The molecule has 0 saturated heterocycles. The van der Waals surface area contributed by atoms with E-state index in [-0.39, 0.29) is 18.4 Å². The summed E-state index contributed by atoms with van der Waals surface area (Å²) in [5, 5.41) is 8.56. The van der Waals surface area contributed by atoms with Crippen LogP contribution in [0.4, 0.5) is 0 Å². The van der Waals surface area contributed by atoms with Gasteiger partial charge in [-0.2, -0.15) is 0 Å². The molecule has 1 aromatic rings. The third kappa shape index (κ3) is 3.61. The van der Waals surface area contributed by atoms with Crippen LogP contribution in [0.1, 0.15) is 43.2 Å². The Morgan fingerprint density at radius 1 is 1.44 bits per heavy atom. The number of nitrogens with zero attached hydrogens (tertiary/aromatic N) is 2. The Kier molecular flexibility index (Phi) is 4.95. The molecular formula is C13H20N2O3. The van der Waals surface area contributed by atoms with Crippen LogP contribution in [-0.2, 0) is 4.79 Å². The fraction of sp³-hybridized carbons (Fsp3) is 0.538. The van der Waals surface area contributed by atoms with Crippen LogP contribution < -0.4 is 0 Å². The standard InChI is InChI=1S/C13H20N2O3/c1-10(2)15-9-4-6-11(15)13(18)14(3)8-5-7-12(16)17/h4,6,9-10H,5,7-8H2,1-3H3,(H,16,17). The second kappa shape index (κ2) is 6.23. The number of carboxylic acid groups (broad SMARTS) is 1. The van der Waals surface area contributed by atoms with Crippen LogP contribution in [0.2, 0.25) is 0 Å². The largest absolute Gasteiger partial charge is 0.481 e. The molecule has 0 fully saturated rings. The van der Waals surface area contributed by atoms with Gasteiger partial charge in [-0.25, -0.2) is 0 Å². The third-order valence-corrected chi connectivity index (χ3v) is 2.79. The highest BCUT2D eigenvalue weighted by molar-refractivity contribution is 5.92. The van der Waals surface area contributed by atoms with Gasteiger partial charge in [-0.1, -0.05) is 0 Å². The molecular weight excluding hydrogens is 232 g/mol. The van der Waals surface area contributed by atoms with Crippen LogP contribution in [0.5, 0.6) is 0 Å². The average Bonchev–Trinajstić information content (AvgIpc) is 2.76. The van der Waals surface area contributed by atoms with Crippen LogP contribution in [0.3, 0.4) is 0 Å². The second-order valence-corrected chi connectivity index (χ2v) is 4.62. The van der Waals surface area contributed by atoms with Gasteiger partial charge in [-0.05, 0) is 32.4 Å². The van der Waals surface area contributed by atoms with E-state index in [1.54, 1.807) is 18.0 Å². The van der Waals surface area contributed by atoms with Crippen molar-refractivity contribution in [2.75, 3.05) is 13.6 Å². The lowest BCUT2D eigenvalue weighted by Gasteiger charge is -2.19. The molecule has 1 aromatic heterocycles. The Hall–Kier alpha value is -1.78. The van der Waals surface area contributed by atoms with E-state index in [2.05, 4.69) is 0 Å². The van der Waals surface area contributed by atoms with Crippen molar-refractivity contribution in [2.24, 2.45) is 0 Å². The SMILES string of the molecule is CC(C)n1cccc1C(=O)N(C)CCCC(=O)O. The quantitative estimate of drug-likeness (QED) is 0.842. The van der Waals surface area contributed by atoms with Crippen molar-refractivity contribution in [3.05, 3.63) is 24.0 Å². The second-order valence-electron chi connectivity index (χ2n) is 4.62. The van der Waals surface area contributed by atoms with E-state index >= 15 is 0 Å². The van der Waals surface area contributed by atoms with Gasteiger partial charge in [0.1, 0.15) is 5.69 Å². The average molecular weight is 252 g/mol. The van der Waals surface area contributed by atoms with Gasteiger partial charge in [-0.3, -0.25) is 9.59 Å². The summed E-state index contributed by atoms with van der Waals surface area (Å²) in [4.78, 5) is 24.1. The molecule has 18 heavy (non-hydrogen) atoms. The summed E-state index contributed by atoms with van der Waals surface area (Å²) in [6.07, 6.45) is 2.44. The van der Waals surface area contributed by atoms with E-state index in [0.29, 0.717) is 18.7 Å². The predicted molar refractivity (Wildman–Crippen MR) is 68.6 cm³/mol. The fourth-order valence-corrected chi connectivity index (χ4v) is 1.79. The Bertz CT molecular complexity index is 424. The van der Waals surface area contributed by atoms with Gasteiger partial charge < -0.3 is 14.6 Å². The molecule has 1 N–H and O–H groups in total. The minimum Gasteiger partial charge on any atom is -0.481 e. The Balaban J connectivity index is 2.63. The van der Waals surface area contributed by atoms with Gasteiger partial charge in [0.25, 0.3) is 5.91 Å². The molecule has 0 radical (unpaired) electrons. The normalized spacial score (nSPS) is 10.7. The van der Waals surface area contributed by atoms with E-state index in [0.717, 1.165) is 0 Å². The minimum absolute atomic E-state index is 0.0703. The van der Waals surface area contributed by atoms with Crippen molar-refractivity contribution in [3.63, 3.8) is 0 Å². The summed E-state index contributed by atoms with van der Waals surface area (Å²) in [5.41, 5.74) is 0.642. The van der Waals surface area contributed by atoms with E-state index in [1.165, 1.54) is 0 Å². The molecule has 0 saturated carbocycles. The number of hydrogen-bond acceptors (Lipinski definition) is 2.